The number of ether oxygens (including phenoxy) is 2. The van der Waals surface area contributed by atoms with E-state index in [0.29, 0.717) is 6.61 Å². The lowest BCUT2D eigenvalue weighted by molar-refractivity contribution is -0.0344. The van der Waals surface area contributed by atoms with Crippen LogP contribution in [0.1, 0.15) is 6.92 Å². The SMILES string of the molecule is CCOC(CO)COC(Cl)Cl. The number of halogens is 2. The number of hydrogen-bond acceptors (Lipinski definition) is 3. The second-order valence-corrected chi connectivity index (χ2v) is 2.87. The molecule has 0 aliphatic carbocycles. The summed E-state index contributed by atoms with van der Waals surface area (Å²) in [6.07, 6.45) is -0.333. The molecule has 0 fully saturated rings. The molecule has 0 aromatic carbocycles. The molecule has 0 amide bonds. The van der Waals surface area contributed by atoms with Crippen molar-refractivity contribution < 1.29 is 14.6 Å². The molecule has 0 aromatic rings. The summed E-state index contributed by atoms with van der Waals surface area (Å²) in [6, 6.07) is 0. The van der Waals surface area contributed by atoms with Gasteiger partial charge in [0.1, 0.15) is 6.10 Å². The van der Waals surface area contributed by atoms with Gasteiger partial charge in [0.25, 0.3) is 0 Å². The van der Waals surface area contributed by atoms with E-state index >= 15 is 0 Å². The van der Waals surface area contributed by atoms with E-state index in [-0.39, 0.29) is 19.3 Å². The summed E-state index contributed by atoms with van der Waals surface area (Å²) in [5.74, 6) is 0. The van der Waals surface area contributed by atoms with E-state index in [2.05, 4.69) is 0 Å². The molecule has 0 bridgehead atoms. The van der Waals surface area contributed by atoms with Crippen molar-refractivity contribution in [3.8, 4) is 0 Å². The van der Waals surface area contributed by atoms with Crippen molar-refractivity contribution >= 4 is 23.2 Å². The Morgan fingerprint density at radius 1 is 1.36 bits per heavy atom. The Bertz CT molecular complexity index is 89.9. The fraction of sp³-hybridized carbons (Fsp3) is 1.00. The van der Waals surface area contributed by atoms with Gasteiger partial charge in [-0.05, 0) is 6.92 Å². The zero-order chi connectivity index (χ0) is 8.69. The van der Waals surface area contributed by atoms with Crippen molar-refractivity contribution in [2.45, 2.75) is 18.1 Å². The Hall–Kier alpha value is 0.460. The molecular weight excluding hydrogens is 191 g/mol. The Balaban J connectivity index is 3.35. The lowest BCUT2D eigenvalue weighted by atomic mass is 10.4. The standard InChI is InChI=1S/C6H12Cl2O3/c1-2-10-5(3-9)4-11-6(7)8/h5-6,9H,2-4H2,1H3. The maximum Gasteiger partial charge on any atom is 0.206 e. The van der Waals surface area contributed by atoms with Gasteiger partial charge in [0.2, 0.25) is 5.02 Å². The molecule has 0 heterocycles. The molecule has 11 heavy (non-hydrogen) atoms. The molecule has 0 saturated carbocycles. The van der Waals surface area contributed by atoms with Crippen molar-refractivity contribution in [2.75, 3.05) is 19.8 Å². The van der Waals surface area contributed by atoms with Gasteiger partial charge in [-0.15, -0.1) is 0 Å². The fourth-order valence-corrected chi connectivity index (χ4v) is 0.715. The first-order chi connectivity index (χ1) is 5.20. The Labute approximate surface area is 76.2 Å². The molecule has 3 nitrogen and oxygen atoms in total. The highest BCUT2D eigenvalue weighted by Crippen LogP contribution is 2.04. The van der Waals surface area contributed by atoms with Gasteiger partial charge in [-0.2, -0.15) is 0 Å². The molecular formula is C6H12Cl2O3. The summed E-state index contributed by atoms with van der Waals surface area (Å²) in [6.45, 7) is 2.49. The first kappa shape index (κ1) is 11.5. The number of rotatable bonds is 6. The van der Waals surface area contributed by atoms with Crippen molar-refractivity contribution in [1.29, 1.82) is 0 Å². The van der Waals surface area contributed by atoms with Crippen molar-refractivity contribution in [3.63, 3.8) is 0 Å². The van der Waals surface area contributed by atoms with E-state index in [1.165, 1.54) is 0 Å². The minimum atomic E-state index is -0.857. The average Bonchev–Trinajstić information content (AvgIpc) is 1.97. The molecule has 0 rings (SSSR count). The number of alkyl halides is 2. The van der Waals surface area contributed by atoms with Crippen LogP contribution in [0.3, 0.4) is 0 Å². The molecule has 1 unspecified atom stereocenters. The van der Waals surface area contributed by atoms with Crippen LogP contribution in [0.4, 0.5) is 0 Å². The summed E-state index contributed by atoms with van der Waals surface area (Å²) in [7, 11) is 0. The number of aliphatic hydroxyl groups is 1. The quantitative estimate of drug-likeness (QED) is 0.658. The lowest BCUT2D eigenvalue weighted by Crippen LogP contribution is -2.24. The van der Waals surface area contributed by atoms with Gasteiger partial charge in [0.15, 0.2) is 0 Å². The van der Waals surface area contributed by atoms with Gasteiger partial charge in [0.05, 0.1) is 13.2 Å². The average molecular weight is 203 g/mol. The molecule has 0 saturated heterocycles. The van der Waals surface area contributed by atoms with Crippen LogP contribution in [0.15, 0.2) is 0 Å². The molecule has 0 radical (unpaired) electrons. The Morgan fingerprint density at radius 2 is 2.00 bits per heavy atom. The van der Waals surface area contributed by atoms with Gasteiger partial charge in [-0.3, -0.25) is 0 Å². The Morgan fingerprint density at radius 3 is 2.36 bits per heavy atom. The third kappa shape index (κ3) is 6.84. The van der Waals surface area contributed by atoms with Gasteiger partial charge >= 0.3 is 0 Å². The molecule has 5 heteroatoms. The lowest BCUT2D eigenvalue weighted by Gasteiger charge is -2.14. The second kappa shape index (κ2) is 7.13. The van der Waals surface area contributed by atoms with Crippen LogP contribution in [-0.4, -0.2) is 36.1 Å². The third-order valence-electron chi connectivity index (χ3n) is 1.01. The zero-order valence-corrected chi connectivity index (χ0v) is 7.81. The van der Waals surface area contributed by atoms with Crippen molar-refractivity contribution in [1.82, 2.24) is 0 Å². The van der Waals surface area contributed by atoms with Gasteiger partial charge in [-0.25, -0.2) is 0 Å². The van der Waals surface area contributed by atoms with Gasteiger partial charge < -0.3 is 14.6 Å². The fourth-order valence-electron chi connectivity index (χ4n) is 0.569. The molecule has 0 aliphatic heterocycles. The van der Waals surface area contributed by atoms with Gasteiger partial charge in [0, 0.05) is 6.61 Å². The molecule has 0 spiro atoms. The molecule has 0 aliphatic rings. The van der Waals surface area contributed by atoms with Crippen LogP contribution in [0.2, 0.25) is 0 Å². The number of aliphatic hydroxyl groups excluding tert-OH is 1. The van der Waals surface area contributed by atoms with Crippen LogP contribution in [0.25, 0.3) is 0 Å². The number of hydrogen-bond donors (Lipinski definition) is 1. The normalized spacial score (nSPS) is 13.9. The first-order valence-electron chi connectivity index (χ1n) is 3.33. The molecule has 1 atom stereocenters. The predicted octanol–water partition coefficient (Wildman–Crippen LogP) is 1.16. The summed E-state index contributed by atoms with van der Waals surface area (Å²) in [5, 5.41) is 7.82. The zero-order valence-electron chi connectivity index (χ0n) is 6.30. The van der Waals surface area contributed by atoms with Crippen LogP contribution >= 0.6 is 23.2 Å². The largest absolute Gasteiger partial charge is 0.394 e. The van der Waals surface area contributed by atoms with Crippen LogP contribution in [0, 0.1) is 0 Å². The predicted molar refractivity (Wildman–Crippen MR) is 43.9 cm³/mol. The van der Waals surface area contributed by atoms with Crippen molar-refractivity contribution in [3.05, 3.63) is 0 Å². The summed E-state index contributed by atoms with van der Waals surface area (Å²) >= 11 is 10.6. The Kier molecular flexibility index (Phi) is 7.43. The topological polar surface area (TPSA) is 38.7 Å². The van der Waals surface area contributed by atoms with E-state index in [1.54, 1.807) is 0 Å². The van der Waals surface area contributed by atoms with Crippen LogP contribution in [0.5, 0.6) is 0 Å². The second-order valence-electron chi connectivity index (χ2n) is 1.85. The smallest absolute Gasteiger partial charge is 0.206 e. The minimum absolute atomic E-state index is 0.0890. The van der Waals surface area contributed by atoms with Gasteiger partial charge in [-0.1, -0.05) is 23.2 Å². The first-order valence-corrected chi connectivity index (χ1v) is 4.20. The molecule has 68 valence electrons. The van der Waals surface area contributed by atoms with E-state index < -0.39 is 5.02 Å². The van der Waals surface area contributed by atoms with E-state index in [9.17, 15) is 0 Å². The minimum Gasteiger partial charge on any atom is -0.394 e. The highest BCUT2D eigenvalue weighted by molar-refractivity contribution is 6.43. The summed E-state index contributed by atoms with van der Waals surface area (Å²) < 4.78 is 9.84. The summed E-state index contributed by atoms with van der Waals surface area (Å²) in [4.78, 5) is 0. The highest BCUT2D eigenvalue weighted by atomic mass is 35.5. The monoisotopic (exact) mass is 202 g/mol. The highest BCUT2D eigenvalue weighted by Gasteiger charge is 2.08. The molecule has 0 aromatic heterocycles. The van der Waals surface area contributed by atoms with E-state index in [1.807, 2.05) is 6.92 Å². The third-order valence-corrected chi connectivity index (χ3v) is 1.27. The molecule has 1 N–H and O–H groups in total. The summed E-state index contributed by atoms with van der Waals surface area (Å²) in [5.41, 5.74) is 0. The van der Waals surface area contributed by atoms with Crippen LogP contribution < -0.4 is 0 Å². The maximum absolute atomic E-state index is 8.68. The van der Waals surface area contributed by atoms with E-state index in [4.69, 9.17) is 37.8 Å². The van der Waals surface area contributed by atoms with Crippen LogP contribution in [-0.2, 0) is 9.47 Å². The maximum atomic E-state index is 8.68. The van der Waals surface area contributed by atoms with Crippen molar-refractivity contribution in [2.24, 2.45) is 0 Å². The van der Waals surface area contributed by atoms with E-state index in [0.717, 1.165) is 0 Å².